The van der Waals surface area contributed by atoms with Crippen LogP contribution < -0.4 is 15.4 Å². The molecule has 0 bridgehead atoms. The van der Waals surface area contributed by atoms with Crippen LogP contribution in [-0.4, -0.2) is 56.6 Å². The van der Waals surface area contributed by atoms with Crippen LogP contribution in [0.1, 0.15) is 56.9 Å². The largest absolute Gasteiger partial charge is 0.497 e. The minimum Gasteiger partial charge on any atom is -0.497 e. The summed E-state index contributed by atoms with van der Waals surface area (Å²) in [5.74, 6) is 3.13. The Morgan fingerprint density at radius 2 is 1.93 bits per heavy atom. The van der Waals surface area contributed by atoms with Gasteiger partial charge in [-0.25, -0.2) is 0 Å². The van der Waals surface area contributed by atoms with Gasteiger partial charge in [-0.3, -0.25) is 9.79 Å². The molecule has 1 heterocycles. The van der Waals surface area contributed by atoms with Gasteiger partial charge in [0.25, 0.3) is 0 Å². The van der Waals surface area contributed by atoms with Gasteiger partial charge in [-0.15, -0.1) is 0 Å². The van der Waals surface area contributed by atoms with Crippen molar-refractivity contribution in [2.24, 2.45) is 10.9 Å². The summed E-state index contributed by atoms with van der Waals surface area (Å²) < 4.78 is 5.26. The van der Waals surface area contributed by atoms with E-state index in [9.17, 15) is 4.79 Å². The highest BCUT2D eigenvalue weighted by Gasteiger charge is 2.26. The first kappa shape index (κ1) is 21.5. The van der Waals surface area contributed by atoms with Crippen LogP contribution in [0.25, 0.3) is 0 Å². The van der Waals surface area contributed by atoms with Gasteiger partial charge >= 0.3 is 0 Å². The molecule has 1 atom stereocenters. The SMILES string of the molecule is CCNC(=NCCNC(=O)CC1CCCC1)N1CCC(c2ccc(OC)cc2)C1. The number of carbonyl (C=O) groups excluding carboxylic acids is 1. The highest BCUT2D eigenvalue weighted by atomic mass is 16.5. The number of aliphatic imine (C=N–C) groups is 1. The van der Waals surface area contributed by atoms with Crippen molar-refractivity contribution in [3.8, 4) is 5.75 Å². The Morgan fingerprint density at radius 3 is 2.62 bits per heavy atom. The number of benzene rings is 1. The highest BCUT2D eigenvalue weighted by Crippen LogP contribution is 2.29. The van der Waals surface area contributed by atoms with Crippen LogP contribution in [0.15, 0.2) is 29.3 Å². The van der Waals surface area contributed by atoms with Gasteiger partial charge in [-0.2, -0.15) is 0 Å². The van der Waals surface area contributed by atoms with E-state index in [4.69, 9.17) is 9.73 Å². The standard InChI is InChI=1S/C23H36N4O2/c1-3-24-23(26-14-13-25-22(28)16-18-6-4-5-7-18)27-15-12-20(17-27)19-8-10-21(29-2)11-9-19/h8-11,18,20H,3-7,12-17H2,1-2H3,(H,24,26)(H,25,28). The summed E-state index contributed by atoms with van der Waals surface area (Å²) in [6.07, 6.45) is 6.78. The zero-order valence-electron chi connectivity index (χ0n) is 18.0. The molecular formula is C23H36N4O2. The first-order chi connectivity index (χ1) is 14.2. The van der Waals surface area contributed by atoms with E-state index < -0.39 is 0 Å². The second-order valence-corrected chi connectivity index (χ2v) is 8.14. The van der Waals surface area contributed by atoms with Crippen LogP contribution in [-0.2, 0) is 4.79 Å². The Hall–Kier alpha value is -2.24. The average Bonchev–Trinajstić information content (AvgIpc) is 3.42. The monoisotopic (exact) mass is 400 g/mol. The molecule has 0 aromatic heterocycles. The number of hydrogen-bond acceptors (Lipinski definition) is 3. The number of guanidine groups is 1. The van der Waals surface area contributed by atoms with Crippen LogP contribution >= 0.6 is 0 Å². The minimum atomic E-state index is 0.179. The number of ether oxygens (including phenoxy) is 1. The Bertz CT molecular complexity index is 668. The maximum Gasteiger partial charge on any atom is 0.220 e. The van der Waals surface area contributed by atoms with Crippen molar-refractivity contribution >= 4 is 11.9 Å². The van der Waals surface area contributed by atoms with Gasteiger partial charge in [0.2, 0.25) is 5.91 Å². The third-order valence-electron chi connectivity index (χ3n) is 6.05. The van der Waals surface area contributed by atoms with Crippen molar-refractivity contribution in [3.63, 3.8) is 0 Å². The topological polar surface area (TPSA) is 66.0 Å². The van der Waals surface area contributed by atoms with Gasteiger partial charge in [0.05, 0.1) is 13.7 Å². The number of nitrogens with zero attached hydrogens (tertiary/aromatic N) is 2. The molecule has 1 saturated carbocycles. The van der Waals surface area contributed by atoms with Crippen LogP contribution in [0.2, 0.25) is 0 Å². The van der Waals surface area contributed by atoms with Crippen LogP contribution in [0, 0.1) is 5.92 Å². The van der Waals surface area contributed by atoms with Crippen molar-refractivity contribution in [2.45, 2.75) is 51.4 Å². The lowest BCUT2D eigenvalue weighted by atomic mass is 9.98. The molecule has 1 aromatic carbocycles. The molecule has 160 valence electrons. The molecule has 3 rings (SSSR count). The zero-order chi connectivity index (χ0) is 20.5. The van der Waals surface area contributed by atoms with Gasteiger partial charge in [0.1, 0.15) is 5.75 Å². The lowest BCUT2D eigenvalue weighted by Crippen LogP contribution is -2.40. The summed E-state index contributed by atoms with van der Waals surface area (Å²) >= 11 is 0. The molecule has 0 spiro atoms. The van der Waals surface area contributed by atoms with E-state index in [2.05, 4.69) is 34.6 Å². The summed E-state index contributed by atoms with van der Waals surface area (Å²) in [5.41, 5.74) is 1.35. The fraction of sp³-hybridized carbons (Fsp3) is 0.652. The Kier molecular flexibility index (Phi) is 8.20. The van der Waals surface area contributed by atoms with E-state index in [1.165, 1.54) is 31.2 Å². The summed E-state index contributed by atoms with van der Waals surface area (Å²) in [5, 5.41) is 6.44. The fourth-order valence-corrected chi connectivity index (χ4v) is 4.43. The van der Waals surface area contributed by atoms with Crippen molar-refractivity contribution in [1.82, 2.24) is 15.5 Å². The molecule has 2 aliphatic rings. The molecule has 1 aliphatic heterocycles. The first-order valence-electron chi connectivity index (χ1n) is 11.1. The van der Waals surface area contributed by atoms with Crippen molar-refractivity contribution in [2.75, 3.05) is 39.8 Å². The summed E-state index contributed by atoms with van der Waals surface area (Å²) in [6, 6.07) is 8.39. The number of nitrogens with one attached hydrogen (secondary N) is 2. The smallest absolute Gasteiger partial charge is 0.220 e. The van der Waals surface area contributed by atoms with Gasteiger partial charge in [0, 0.05) is 38.5 Å². The highest BCUT2D eigenvalue weighted by molar-refractivity contribution is 5.80. The molecule has 0 radical (unpaired) electrons. The molecule has 1 unspecified atom stereocenters. The zero-order valence-corrected chi connectivity index (χ0v) is 18.0. The quantitative estimate of drug-likeness (QED) is 0.400. The molecule has 1 amide bonds. The second kappa shape index (κ2) is 11.1. The molecule has 29 heavy (non-hydrogen) atoms. The third-order valence-corrected chi connectivity index (χ3v) is 6.05. The van der Waals surface area contributed by atoms with Gasteiger partial charge in [-0.1, -0.05) is 25.0 Å². The van der Waals surface area contributed by atoms with Gasteiger partial charge in [-0.05, 0) is 49.8 Å². The Balaban J connectivity index is 1.46. The average molecular weight is 401 g/mol. The Labute approximate surface area is 175 Å². The molecule has 1 saturated heterocycles. The summed E-state index contributed by atoms with van der Waals surface area (Å²) in [7, 11) is 1.70. The van der Waals surface area contributed by atoms with E-state index in [0.717, 1.165) is 37.8 Å². The Morgan fingerprint density at radius 1 is 1.17 bits per heavy atom. The maximum absolute atomic E-state index is 12.1. The normalized spacial score (nSPS) is 20.1. The van der Waals surface area contributed by atoms with Crippen molar-refractivity contribution < 1.29 is 9.53 Å². The number of hydrogen-bond donors (Lipinski definition) is 2. The number of carbonyl (C=O) groups is 1. The lowest BCUT2D eigenvalue weighted by molar-refractivity contribution is -0.121. The van der Waals surface area contributed by atoms with E-state index in [1.807, 2.05) is 12.1 Å². The number of rotatable bonds is 8. The van der Waals surface area contributed by atoms with Gasteiger partial charge < -0.3 is 20.3 Å². The number of amides is 1. The van der Waals surface area contributed by atoms with Crippen LogP contribution in [0.4, 0.5) is 0 Å². The third kappa shape index (κ3) is 6.38. The number of methoxy groups -OCH3 is 1. The van der Waals surface area contributed by atoms with Crippen molar-refractivity contribution in [1.29, 1.82) is 0 Å². The first-order valence-corrected chi connectivity index (χ1v) is 11.1. The summed E-state index contributed by atoms with van der Waals surface area (Å²) in [6.45, 7) is 6.12. The maximum atomic E-state index is 12.1. The molecule has 6 nitrogen and oxygen atoms in total. The molecule has 2 N–H and O–H groups in total. The second-order valence-electron chi connectivity index (χ2n) is 8.14. The molecule has 6 heteroatoms. The van der Waals surface area contributed by atoms with E-state index in [1.54, 1.807) is 7.11 Å². The van der Waals surface area contributed by atoms with E-state index in [-0.39, 0.29) is 5.91 Å². The molecule has 1 aliphatic carbocycles. The molecule has 1 aromatic rings. The number of likely N-dealkylation sites (tertiary alicyclic amines) is 1. The summed E-state index contributed by atoms with van der Waals surface area (Å²) in [4.78, 5) is 19.2. The lowest BCUT2D eigenvalue weighted by Gasteiger charge is -2.22. The van der Waals surface area contributed by atoms with Crippen LogP contribution in [0.3, 0.4) is 0 Å². The fourth-order valence-electron chi connectivity index (χ4n) is 4.43. The minimum absolute atomic E-state index is 0.179. The predicted molar refractivity (Wildman–Crippen MR) is 117 cm³/mol. The predicted octanol–water partition coefficient (Wildman–Crippen LogP) is 3.15. The van der Waals surface area contributed by atoms with Crippen molar-refractivity contribution in [3.05, 3.63) is 29.8 Å². The molecular weight excluding hydrogens is 364 g/mol. The molecule has 2 fully saturated rings. The van der Waals surface area contributed by atoms with E-state index in [0.29, 0.717) is 31.3 Å². The van der Waals surface area contributed by atoms with Gasteiger partial charge in [0.15, 0.2) is 5.96 Å². The van der Waals surface area contributed by atoms with E-state index >= 15 is 0 Å². The van der Waals surface area contributed by atoms with Crippen LogP contribution in [0.5, 0.6) is 5.75 Å².